The van der Waals surface area contributed by atoms with Gasteiger partial charge >= 0.3 is 0 Å². The van der Waals surface area contributed by atoms with E-state index in [0.717, 1.165) is 30.5 Å². The summed E-state index contributed by atoms with van der Waals surface area (Å²) in [5, 5.41) is 14.6. The van der Waals surface area contributed by atoms with Crippen LogP contribution in [0.5, 0.6) is 0 Å². The molecule has 1 N–H and O–H groups in total. The summed E-state index contributed by atoms with van der Waals surface area (Å²) in [5.74, 6) is 0. The second-order valence-corrected chi connectivity index (χ2v) is 5.44. The molecule has 0 radical (unpaired) electrons. The summed E-state index contributed by atoms with van der Waals surface area (Å²) in [6.07, 6.45) is 4.88. The number of fused-ring (bicyclic) bond motifs is 1. The smallest absolute Gasteiger partial charge is 0.157 e. The topological polar surface area (TPSA) is 54.2 Å². The van der Waals surface area contributed by atoms with Gasteiger partial charge in [0.15, 0.2) is 5.65 Å². The van der Waals surface area contributed by atoms with Crippen molar-refractivity contribution in [2.75, 3.05) is 19.7 Å². The molecule has 0 aromatic carbocycles. The summed E-state index contributed by atoms with van der Waals surface area (Å²) >= 11 is 0. The number of hydrogen-bond acceptors (Lipinski definition) is 4. The van der Waals surface area contributed by atoms with Crippen LogP contribution in [0.3, 0.4) is 0 Å². The lowest BCUT2D eigenvalue weighted by molar-refractivity contribution is 0.190. The van der Waals surface area contributed by atoms with Crippen molar-refractivity contribution in [1.82, 2.24) is 19.7 Å². The van der Waals surface area contributed by atoms with Gasteiger partial charge in [0.2, 0.25) is 0 Å². The SMILES string of the molecule is CCCN(CCO)Cc1cnc2c(cnn2C(C)C)c1. The number of aromatic nitrogens is 3. The van der Waals surface area contributed by atoms with E-state index in [4.69, 9.17) is 5.11 Å². The molecule has 0 amide bonds. The molecule has 0 saturated heterocycles. The maximum Gasteiger partial charge on any atom is 0.157 e. The molecule has 2 rings (SSSR count). The first kappa shape index (κ1) is 14.9. The highest BCUT2D eigenvalue weighted by atomic mass is 16.3. The lowest BCUT2D eigenvalue weighted by atomic mass is 10.2. The number of aliphatic hydroxyl groups excluding tert-OH is 1. The van der Waals surface area contributed by atoms with Gasteiger partial charge in [-0.1, -0.05) is 6.92 Å². The Morgan fingerprint density at radius 3 is 2.75 bits per heavy atom. The zero-order valence-corrected chi connectivity index (χ0v) is 12.6. The van der Waals surface area contributed by atoms with E-state index in [-0.39, 0.29) is 6.61 Å². The van der Waals surface area contributed by atoms with Crippen molar-refractivity contribution in [3.8, 4) is 0 Å². The third-order valence-electron chi connectivity index (χ3n) is 3.34. The first-order chi connectivity index (χ1) is 9.65. The molecular weight excluding hydrogens is 252 g/mol. The lowest BCUT2D eigenvalue weighted by Gasteiger charge is -2.20. The fourth-order valence-electron chi connectivity index (χ4n) is 2.44. The Hall–Kier alpha value is -1.46. The van der Waals surface area contributed by atoms with E-state index in [9.17, 15) is 0 Å². The zero-order valence-electron chi connectivity index (χ0n) is 12.6. The second kappa shape index (κ2) is 6.81. The van der Waals surface area contributed by atoms with Crippen LogP contribution in [0.25, 0.3) is 11.0 Å². The van der Waals surface area contributed by atoms with Gasteiger partial charge in [0.1, 0.15) is 0 Å². The second-order valence-electron chi connectivity index (χ2n) is 5.44. The Kier molecular flexibility index (Phi) is 5.09. The maximum absolute atomic E-state index is 9.11. The minimum Gasteiger partial charge on any atom is -0.395 e. The standard InChI is InChI=1S/C15H24N4O/c1-4-5-18(6-7-20)11-13-8-14-10-17-19(12(2)3)15(14)16-9-13/h8-10,12,20H,4-7,11H2,1-3H3. The fourth-order valence-corrected chi connectivity index (χ4v) is 2.44. The van der Waals surface area contributed by atoms with Crippen LogP contribution in [0.4, 0.5) is 0 Å². The first-order valence-corrected chi connectivity index (χ1v) is 7.31. The average molecular weight is 276 g/mol. The van der Waals surface area contributed by atoms with Gasteiger partial charge in [-0.25, -0.2) is 9.67 Å². The van der Waals surface area contributed by atoms with Crippen molar-refractivity contribution < 1.29 is 5.11 Å². The third kappa shape index (κ3) is 3.35. The molecule has 0 aliphatic rings. The van der Waals surface area contributed by atoms with Crippen molar-refractivity contribution in [3.63, 3.8) is 0 Å². The van der Waals surface area contributed by atoms with Gasteiger partial charge < -0.3 is 5.11 Å². The molecule has 5 nitrogen and oxygen atoms in total. The van der Waals surface area contributed by atoms with Crippen LogP contribution < -0.4 is 0 Å². The number of hydrogen-bond donors (Lipinski definition) is 1. The maximum atomic E-state index is 9.11. The lowest BCUT2D eigenvalue weighted by Crippen LogP contribution is -2.27. The molecule has 0 saturated carbocycles. The van der Waals surface area contributed by atoms with E-state index in [0.29, 0.717) is 12.6 Å². The molecule has 2 aromatic rings. The van der Waals surface area contributed by atoms with Gasteiger partial charge in [0.25, 0.3) is 0 Å². The Morgan fingerprint density at radius 2 is 2.10 bits per heavy atom. The predicted molar refractivity (Wildman–Crippen MR) is 80.6 cm³/mol. The van der Waals surface area contributed by atoms with Crippen LogP contribution >= 0.6 is 0 Å². The van der Waals surface area contributed by atoms with Gasteiger partial charge in [-0.3, -0.25) is 4.90 Å². The van der Waals surface area contributed by atoms with Gasteiger partial charge in [-0.15, -0.1) is 0 Å². The highest BCUT2D eigenvalue weighted by Crippen LogP contribution is 2.17. The predicted octanol–water partition coefficient (Wildman–Crippen LogP) is 2.22. The van der Waals surface area contributed by atoms with Gasteiger partial charge in [0, 0.05) is 30.7 Å². The highest BCUT2D eigenvalue weighted by Gasteiger charge is 2.09. The number of rotatable bonds is 7. The molecule has 2 aromatic heterocycles. The molecule has 110 valence electrons. The normalized spacial score (nSPS) is 11.9. The van der Waals surface area contributed by atoms with E-state index in [1.165, 1.54) is 5.56 Å². The highest BCUT2D eigenvalue weighted by molar-refractivity contribution is 5.75. The number of nitrogens with zero attached hydrogens (tertiary/aromatic N) is 4. The molecule has 0 atom stereocenters. The van der Waals surface area contributed by atoms with Gasteiger partial charge in [-0.2, -0.15) is 5.10 Å². The Labute approximate surface area is 120 Å². The minimum atomic E-state index is 0.195. The molecule has 5 heteroatoms. The first-order valence-electron chi connectivity index (χ1n) is 7.31. The summed E-state index contributed by atoms with van der Waals surface area (Å²) < 4.78 is 1.94. The average Bonchev–Trinajstić information content (AvgIpc) is 2.82. The Morgan fingerprint density at radius 1 is 1.30 bits per heavy atom. The zero-order chi connectivity index (χ0) is 14.5. The molecule has 2 heterocycles. The van der Waals surface area contributed by atoms with Crippen LogP contribution in [0.15, 0.2) is 18.5 Å². The van der Waals surface area contributed by atoms with E-state index < -0.39 is 0 Å². The van der Waals surface area contributed by atoms with Crippen LogP contribution in [0.1, 0.15) is 38.8 Å². The van der Waals surface area contributed by atoms with Crippen molar-refractivity contribution >= 4 is 11.0 Å². The molecule has 0 aliphatic carbocycles. The van der Waals surface area contributed by atoms with Crippen molar-refractivity contribution in [1.29, 1.82) is 0 Å². The van der Waals surface area contributed by atoms with Crippen LogP contribution in [0.2, 0.25) is 0 Å². The molecule has 0 fully saturated rings. The van der Waals surface area contributed by atoms with Gasteiger partial charge in [-0.05, 0) is 38.4 Å². The summed E-state index contributed by atoms with van der Waals surface area (Å²) in [6.45, 7) is 9.07. The van der Waals surface area contributed by atoms with Crippen molar-refractivity contribution in [3.05, 3.63) is 24.0 Å². The number of pyridine rings is 1. The van der Waals surface area contributed by atoms with Crippen LogP contribution in [-0.2, 0) is 6.54 Å². The summed E-state index contributed by atoms with van der Waals surface area (Å²) in [5.41, 5.74) is 2.11. The fraction of sp³-hybridized carbons (Fsp3) is 0.600. The van der Waals surface area contributed by atoms with Crippen molar-refractivity contribution in [2.24, 2.45) is 0 Å². The van der Waals surface area contributed by atoms with Crippen molar-refractivity contribution in [2.45, 2.75) is 39.8 Å². The van der Waals surface area contributed by atoms with Crippen LogP contribution in [0, 0.1) is 0 Å². The van der Waals surface area contributed by atoms with Crippen LogP contribution in [-0.4, -0.2) is 44.5 Å². The molecule has 20 heavy (non-hydrogen) atoms. The largest absolute Gasteiger partial charge is 0.395 e. The van der Waals surface area contributed by atoms with E-state index in [2.05, 4.69) is 41.8 Å². The van der Waals surface area contributed by atoms with E-state index in [1.807, 2.05) is 17.1 Å². The molecule has 0 aliphatic heterocycles. The van der Waals surface area contributed by atoms with E-state index in [1.54, 1.807) is 0 Å². The summed E-state index contributed by atoms with van der Waals surface area (Å²) in [7, 11) is 0. The summed E-state index contributed by atoms with van der Waals surface area (Å²) in [4.78, 5) is 6.79. The van der Waals surface area contributed by atoms with Gasteiger partial charge in [0.05, 0.1) is 12.8 Å². The minimum absolute atomic E-state index is 0.195. The molecular formula is C15H24N4O. The Bertz CT molecular complexity index is 544. The van der Waals surface area contributed by atoms with E-state index >= 15 is 0 Å². The molecule has 0 unspecified atom stereocenters. The molecule has 0 spiro atoms. The molecule has 0 bridgehead atoms. The quantitative estimate of drug-likeness (QED) is 0.842. The Balaban J connectivity index is 2.19. The number of aliphatic hydroxyl groups is 1. The summed E-state index contributed by atoms with van der Waals surface area (Å²) in [6, 6.07) is 2.46. The monoisotopic (exact) mass is 276 g/mol. The third-order valence-corrected chi connectivity index (χ3v) is 3.34.